The summed E-state index contributed by atoms with van der Waals surface area (Å²) in [7, 11) is 0. The normalized spacial score (nSPS) is 28.1. The van der Waals surface area contributed by atoms with Crippen molar-refractivity contribution >= 4 is 5.71 Å². The number of nitrogens with two attached hydrogens (primary N) is 1. The number of nitrogens with zero attached hydrogens (tertiary/aromatic N) is 1. The summed E-state index contributed by atoms with van der Waals surface area (Å²) >= 11 is 0. The summed E-state index contributed by atoms with van der Waals surface area (Å²) in [4.78, 5) is 0. The van der Waals surface area contributed by atoms with Crippen molar-refractivity contribution in [2.45, 2.75) is 32.1 Å². The number of alkyl halides is 1. The van der Waals surface area contributed by atoms with E-state index in [4.69, 9.17) is 5.84 Å². The Bertz CT molecular complexity index is 145. The van der Waals surface area contributed by atoms with E-state index in [0.717, 1.165) is 25.0 Å². The van der Waals surface area contributed by atoms with Crippen LogP contribution in [0.4, 0.5) is 4.39 Å². The number of halogens is 1. The molecule has 64 valence electrons. The van der Waals surface area contributed by atoms with Crippen LogP contribution in [-0.4, -0.2) is 12.4 Å². The van der Waals surface area contributed by atoms with Gasteiger partial charge in [-0.3, -0.25) is 4.39 Å². The van der Waals surface area contributed by atoms with Crippen molar-refractivity contribution in [3.8, 4) is 0 Å². The summed E-state index contributed by atoms with van der Waals surface area (Å²) in [6.07, 6.45) is 4.92. The molecule has 0 aromatic rings. The number of rotatable bonds is 3. The highest BCUT2D eigenvalue weighted by molar-refractivity contribution is 5.88. The maximum atomic E-state index is 11.8. The fraction of sp³-hybridized carbons (Fsp3) is 0.875. The lowest BCUT2D eigenvalue weighted by molar-refractivity contribution is 0.438. The average Bonchev–Trinajstić information content (AvgIpc) is 2.47. The Labute approximate surface area is 66.7 Å². The van der Waals surface area contributed by atoms with Crippen LogP contribution in [0.1, 0.15) is 32.1 Å². The summed E-state index contributed by atoms with van der Waals surface area (Å²) in [6, 6.07) is 0. The van der Waals surface area contributed by atoms with Crippen LogP contribution in [0.2, 0.25) is 0 Å². The van der Waals surface area contributed by atoms with Gasteiger partial charge in [-0.25, -0.2) is 0 Å². The molecule has 1 rings (SSSR count). The highest BCUT2D eigenvalue weighted by Gasteiger charge is 2.21. The molecule has 2 nitrogen and oxygen atoms in total. The molecule has 11 heavy (non-hydrogen) atoms. The average molecular weight is 158 g/mol. The molecule has 1 unspecified atom stereocenters. The van der Waals surface area contributed by atoms with Crippen molar-refractivity contribution in [3.63, 3.8) is 0 Å². The van der Waals surface area contributed by atoms with Gasteiger partial charge in [0.25, 0.3) is 0 Å². The molecule has 2 N–H and O–H groups in total. The molecule has 0 radical (unpaired) electrons. The van der Waals surface area contributed by atoms with E-state index in [1.807, 2.05) is 0 Å². The first-order chi connectivity index (χ1) is 5.38. The summed E-state index contributed by atoms with van der Waals surface area (Å²) in [5.74, 6) is 5.67. The largest absolute Gasteiger partial charge is 0.323 e. The first kappa shape index (κ1) is 8.50. The van der Waals surface area contributed by atoms with E-state index >= 15 is 0 Å². The van der Waals surface area contributed by atoms with Crippen LogP contribution < -0.4 is 5.84 Å². The highest BCUT2D eigenvalue weighted by Crippen LogP contribution is 2.26. The van der Waals surface area contributed by atoms with E-state index < -0.39 is 0 Å². The number of hydrazone groups is 1. The van der Waals surface area contributed by atoms with Gasteiger partial charge in [-0.2, -0.15) is 5.10 Å². The molecule has 0 aromatic heterocycles. The number of hydrogen-bond donors (Lipinski definition) is 1. The van der Waals surface area contributed by atoms with Gasteiger partial charge in [-0.1, -0.05) is 0 Å². The Morgan fingerprint density at radius 3 is 3.09 bits per heavy atom. The molecule has 0 spiro atoms. The maximum Gasteiger partial charge on any atom is 0.0894 e. The van der Waals surface area contributed by atoms with Gasteiger partial charge in [0.1, 0.15) is 0 Å². The van der Waals surface area contributed by atoms with Gasteiger partial charge in [0.05, 0.1) is 6.67 Å². The molecule has 0 heterocycles. The van der Waals surface area contributed by atoms with Crippen molar-refractivity contribution in [2.75, 3.05) is 6.67 Å². The Hall–Kier alpha value is -0.600. The Kier molecular flexibility index (Phi) is 3.33. The van der Waals surface area contributed by atoms with E-state index in [1.54, 1.807) is 0 Å². The molecular weight excluding hydrogens is 143 g/mol. The molecule has 1 aliphatic carbocycles. The quantitative estimate of drug-likeness (QED) is 0.494. The molecule has 0 aromatic carbocycles. The molecule has 1 fully saturated rings. The SMILES string of the molecule is N/N=C1/CCCC1CCCF. The molecule has 0 bridgehead atoms. The van der Waals surface area contributed by atoms with Gasteiger partial charge in [-0.05, 0) is 38.0 Å². The lowest BCUT2D eigenvalue weighted by Gasteiger charge is -2.07. The topological polar surface area (TPSA) is 38.4 Å². The van der Waals surface area contributed by atoms with Crippen LogP contribution in [0.25, 0.3) is 0 Å². The van der Waals surface area contributed by atoms with E-state index in [-0.39, 0.29) is 6.67 Å². The van der Waals surface area contributed by atoms with Crippen LogP contribution >= 0.6 is 0 Å². The van der Waals surface area contributed by atoms with Crippen LogP contribution in [0, 0.1) is 5.92 Å². The smallest absolute Gasteiger partial charge is 0.0894 e. The third kappa shape index (κ3) is 2.17. The van der Waals surface area contributed by atoms with Crippen molar-refractivity contribution < 1.29 is 4.39 Å². The van der Waals surface area contributed by atoms with Crippen molar-refractivity contribution in [3.05, 3.63) is 0 Å². The third-order valence-electron chi connectivity index (χ3n) is 2.31. The first-order valence-corrected chi connectivity index (χ1v) is 4.21. The molecule has 1 saturated carbocycles. The van der Waals surface area contributed by atoms with Gasteiger partial charge in [0.15, 0.2) is 0 Å². The zero-order valence-electron chi connectivity index (χ0n) is 6.72. The van der Waals surface area contributed by atoms with Gasteiger partial charge in [-0.15, -0.1) is 0 Å². The van der Waals surface area contributed by atoms with E-state index in [1.165, 1.54) is 6.42 Å². The van der Waals surface area contributed by atoms with Crippen LogP contribution in [0.15, 0.2) is 5.10 Å². The van der Waals surface area contributed by atoms with Gasteiger partial charge >= 0.3 is 0 Å². The van der Waals surface area contributed by atoms with Gasteiger partial charge in [0.2, 0.25) is 0 Å². The lowest BCUT2D eigenvalue weighted by Crippen LogP contribution is -2.09. The first-order valence-electron chi connectivity index (χ1n) is 4.21. The highest BCUT2D eigenvalue weighted by atomic mass is 19.1. The minimum atomic E-state index is -0.214. The molecule has 0 aliphatic heterocycles. The predicted octanol–water partition coefficient (Wildman–Crippen LogP) is 1.85. The second-order valence-electron chi connectivity index (χ2n) is 3.04. The molecule has 3 heteroatoms. The minimum absolute atomic E-state index is 0.214. The summed E-state index contributed by atoms with van der Waals surface area (Å²) in [5.41, 5.74) is 1.10. The Morgan fingerprint density at radius 1 is 1.64 bits per heavy atom. The summed E-state index contributed by atoms with van der Waals surface area (Å²) < 4.78 is 11.8. The molecule has 1 atom stereocenters. The summed E-state index contributed by atoms with van der Waals surface area (Å²) in [5, 5.41) is 3.72. The zero-order valence-corrected chi connectivity index (χ0v) is 6.72. The molecule has 1 aliphatic rings. The summed E-state index contributed by atoms with van der Waals surface area (Å²) in [6.45, 7) is -0.214. The van der Waals surface area contributed by atoms with E-state index in [0.29, 0.717) is 12.3 Å². The fourth-order valence-electron chi connectivity index (χ4n) is 1.70. The van der Waals surface area contributed by atoms with Crippen molar-refractivity contribution in [1.82, 2.24) is 0 Å². The van der Waals surface area contributed by atoms with Gasteiger partial charge < -0.3 is 5.84 Å². The van der Waals surface area contributed by atoms with Crippen LogP contribution in [-0.2, 0) is 0 Å². The second kappa shape index (κ2) is 4.31. The monoisotopic (exact) mass is 158 g/mol. The maximum absolute atomic E-state index is 11.8. The van der Waals surface area contributed by atoms with E-state index in [2.05, 4.69) is 5.10 Å². The Balaban J connectivity index is 2.32. The zero-order chi connectivity index (χ0) is 8.10. The third-order valence-corrected chi connectivity index (χ3v) is 2.31. The lowest BCUT2D eigenvalue weighted by atomic mass is 10.0. The standard InChI is InChI=1S/C8H15FN2/c9-6-2-4-7-3-1-5-8(7)11-10/h7H,1-6,10H2/b11-8-. The van der Waals surface area contributed by atoms with Gasteiger partial charge in [0, 0.05) is 5.71 Å². The number of hydrogen-bond acceptors (Lipinski definition) is 2. The van der Waals surface area contributed by atoms with Crippen LogP contribution in [0.5, 0.6) is 0 Å². The predicted molar refractivity (Wildman–Crippen MR) is 44.2 cm³/mol. The Morgan fingerprint density at radius 2 is 2.45 bits per heavy atom. The molecule has 0 amide bonds. The fourth-order valence-corrected chi connectivity index (χ4v) is 1.70. The second-order valence-corrected chi connectivity index (χ2v) is 3.04. The van der Waals surface area contributed by atoms with Crippen LogP contribution in [0.3, 0.4) is 0 Å². The van der Waals surface area contributed by atoms with E-state index in [9.17, 15) is 4.39 Å². The molecule has 0 saturated heterocycles. The minimum Gasteiger partial charge on any atom is -0.323 e. The van der Waals surface area contributed by atoms with Crippen molar-refractivity contribution in [1.29, 1.82) is 0 Å². The molecular formula is C8H15FN2. The van der Waals surface area contributed by atoms with Crippen molar-refractivity contribution in [2.24, 2.45) is 16.9 Å².